The number of aliphatic carboxylic acids is 1. The number of benzene rings is 1. The molecule has 2 N–H and O–H groups in total. The lowest BCUT2D eigenvalue weighted by molar-refractivity contribution is -0.183. The number of rotatable bonds is 8. The van der Waals surface area contributed by atoms with E-state index in [1.165, 1.54) is 6.42 Å². The summed E-state index contributed by atoms with van der Waals surface area (Å²) < 4.78 is 5.59. The van der Waals surface area contributed by atoms with E-state index in [9.17, 15) is 14.7 Å². The van der Waals surface area contributed by atoms with Crippen molar-refractivity contribution in [3.63, 3.8) is 0 Å². The van der Waals surface area contributed by atoms with Crippen LogP contribution in [0.1, 0.15) is 83.6 Å². The number of amides is 1. The molecule has 0 aromatic heterocycles. The normalized spacial score (nSPS) is 36.5. The van der Waals surface area contributed by atoms with Gasteiger partial charge in [0.2, 0.25) is 0 Å². The summed E-state index contributed by atoms with van der Waals surface area (Å²) in [7, 11) is 0. The van der Waals surface area contributed by atoms with Gasteiger partial charge in [-0.1, -0.05) is 57.0 Å². The average Bonchev–Trinajstić information content (AvgIpc) is 2.70. The molecule has 5 nitrogen and oxygen atoms in total. The summed E-state index contributed by atoms with van der Waals surface area (Å²) >= 11 is 0. The van der Waals surface area contributed by atoms with Crippen LogP contribution in [-0.2, 0) is 16.1 Å². The average molecular weight is 414 g/mol. The van der Waals surface area contributed by atoms with Crippen LogP contribution in [0.25, 0.3) is 0 Å². The minimum Gasteiger partial charge on any atom is -0.481 e. The second-order valence-corrected chi connectivity index (χ2v) is 10.6. The third-order valence-corrected chi connectivity index (χ3v) is 8.34. The van der Waals surface area contributed by atoms with Crippen molar-refractivity contribution in [3.05, 3.63) is 35.9 Å². The number of ether oxygens (including phenoxy) is 1. The van der Waals surface area contributed by atoms with Gasteiger partial charge in [0.15, 0.2) is 0 Å². The smallest absolute Gasteiger partial charge is 0.407 e. The Morgan fingerprint density at radius 2 is 1.50 bits per heavy atom. The predicted molar refractivity (Wildman–Crippen MR) is 115 cm³/mol. The molecule has 0 radical (unpaired) electrons. The molecule has 1 amide bonds. The van der Waals surface area contributed by atoms with Gasteiger partial charge >= 0.3 is 12.1 Å². The largest absolute Gasteiger partial charge is 0.481 e. The van der Waals surface area contributed by atoms with Crippen molar-refractivity contribution in [1.82, 2.24) is 5.32 Å². The van der Waals surface area contributed by atoms with E-state index in [-0.39, 0.29) is 40.9 Å². The highest BCUT2D eigenvalue weighted by atomic mass is 16.5. The first-order valence-electron chi connectivity index (χ1n) is 11.5. The van der Waals surface area contributed by atoms with Crippen LogP contribution in [0.4, 0.5) is 4.79 Å². The van der Waals surface area contributed by atoms with E-state index in [2.05, 4.69) is 19.2 Å². The number of alkyl carbamates (subject to hydrolysis) is 1. The minimum atomic E-state index is -0.717. The summed E-state index contributed by atoms with van der Waals surface area (Å²) in [5, 5.41) is 12.7. The molecule has 5 rings (SSSR count). The number of hydrogen-bond donors (Lipinski definition) is 2. The number of carboxylic acid groups (broad SMARTS) is 1. The Morgan fingerprint density at radius 3 is 2.07 bits per heavy atom. The fourth-order valence-corrected chi connectivity index (χ4v) is 7.79. The van der Waals surface area contributed by atoms with E-state index in [1.54, 1.807) is 0 Å². The Morgan fingerprint density at radius 1 is 0.933 bits per heavy atom. The Hall–Kier alpha value is -2.04. The maximum absolute atomic E-state index is 12.8. The molecule has 1 aromatic rings. The molecule has 1 aromatic carbocycles. The molecule has 4 bridgehead atoms. The molecule has 4 saturated carbocycles. The van der Waals surface area contributed by atoms with E-state index >= 15 is 0 Å². The number of nitrogens with one attached hydrogen (secondary N) is 1. The molecule has 164 valence electrons. The van der Waals surface area contributed by atoms with Gasteiger partial charge < -0.3 is 15.2 Å². The fourth-order valence-electron chi connectivity index (χ4n) is 7.79. The monoisotopic (exact) mass is 413 g/mol. The topological polar surface area (TPSA) is 75.6 Å². The van der Waals surface area contributed by atoms with Crippen molar-refractivity contribution in [1.29, 1.82) is 0 Å². The first-order chi connectivity index (χ1) is 14.3. The third-order valence-electron chi connectivity index (χ3n) is 8.34. The number of carbonyl (C=O) groups excluding carboxylic acids is 1. The van der Waals surface area contributed by atoms with Crippen molar-refractivity contribution in [2.24, 2.45) is 16.2 Å². The van der Waals surface area contributed by atoms with Crippen molar-refractivity contribution in [3.8, 4) is 0 Å². The van der Waals surface area contributed by atoms with Crippen LogP contribution in [0.15, 0.2) is 30.3 Å². The molecule has 30 heavy (non-hydrogen) atoms. The summed E-state index contributed by atoms with van der Waals surface area (Å²) in [5.41, 5.74) is 1.14. The molecular formula is C25H35NO4. The highest BCUT2D eigenvalue weighted by Gasteiger charge is 2.67. The third kappa shape index (κ3) is 3.95. The zero-order chi connectivity index (χ0) is 21.5. The van der Waals surface area contributed by atoms with Crippen molar-refractivity contribution in [2.45, 2.75) is 90.2 Å². The van der Waals surface area contributed by atoms with E-state index in [1.807, 2.05) is 30.3 Å². The molecule has 2 atom stereocenters. The molecule has 2 unspecified atom stereocenters. The highest BCUT2D eigenvalue weighted by molar-refractivity contribution is 5.69. The Kier molecular flexibility index (Phi) is 5.36. The van der Waals surface area contributed by atoms with Gasteiger partial charge in [0, 0.05) is 12.0 Å². The maximum atomic E-state index is 12.8. The van der Waals surface area contributed by atoms with Crippen LogP contribution in [0.2, 0.25) is 0 Å². The first kappa shape index (κ1) is 21.2. The van der Waals surface area contributed by atoms with Gasteiger partial charge in [-0.2, -0.15) is 0 Å². The van der Waals surface area contributed by atoms with Crippen LogP contribution in [0.5, 0.6) is 0 Å². The van der Waals surface area contributed by atoms with Gasteiger partial charge in [0.05, 0.1) is 0 Å². The summed E-state index contributed by atoms with van der Waals surface area (Å²) in [6.45, 7) is 4.80. The van der Waals surface area contributed by atoms with Gasteiger partial charge in [-0.15, -0.1) is 0 Å². The van der Waals surface area contributed by atoms with Gasteiger partial charge in [-0.3, -0.25) is 4.79 Å². The molecular weight excluding hydrogens is 378 g/mol. The first-order valence-corrected chi connectivity index (χ1v) is 11.5. The number of carbonyl (C=O) groups is 2. The van der Waals surface area contributed by atoms with Crippen LogP contribution in [0, 0.1) is 16.2 Å². The second kappa shape index (κ2) is 7.58. The lowest BCUT2D eigenvalue weighted by Gasteiger charge is -2.71. The van der Waals surface area contributed by atoms with Crippen molar-refractivity contribution < 1.29 is 19.4 Å². The highest BCUT2D eigenvalue weighted by Crippen LogP contribution is 2.73. The molecule has 5 heteroatoms. The van der Waals surface area contributed by atoms with Crippen molar-refractivity contribution >= 4 is 12.1 Å². The standard InChI is InChI=1S/C25H35NO4/c1-3-22-13-23(4-2)15-24(14-22,11-10-20(27)28)18-25(16-22,17-23)26-21(29)30-12-19-8-6-5-7-9-19/h5-9H,3-4,10-18H2,1-2H3,(H,26,29)(H,27,28). The van der Waals surface area contributed by atoms with Gasteiger partial charge in [-0.05, 0) is 66.8 Å². The second-order valence-electron chi connectivity index (χ2n) is 10.6. The van der Waals surface area contributed by atoms with E-state index in [4.69, 9.17) is 4.74 Å². The Labute approximate surface area is 179 Å². The zero-order valence-corrected chi connectivity index (χ0v) is 18.3. The van der Waals surface area contributed by atoms with Crippen molar-refractivity contribution in [2.75, 3.05) is 0 Å². The van der Waals surface area contributed by atoms with E-state index in [0.29, 0.717) is 6.42 Å². The zero-order valence-electron chi connectivity index (χ0n) is 18.3. The molecule has 4 fully saturated rings. The molecule has 0 aliphatic heterocycles. The minimum absolute atomic E-state index is 0.0197. The molecule has 0 spiro atoms. The van der Waals surface area contributed by atoms with Gasteiger partial charge in [0.1, 0.15) is 6.61 Å². The Bertz CT molecular complexity index is 785. The lowest BCUT2D eigenvalue weighted by Crippen LogP contribution is -2.69. The van der Waals surface area contributed by atoms with E-state index in [0.717, 1.165) is 50.5 Å². The SMILES string of the molecule is CCC12CC3(CC)CC(CCC(=O)O)(C1)CC(NC(=O)OCc1ccccc1)(C2)C3. The van der Waals surface area contributed by atoms with Crippen LogP contribution < -0.4 is 5.32 Å². The number of carboxylic acids is 1. The van der Waals surface area contributed by atoms with Crippen LogP contribution in [0.3, 0.4) is 0 Å². The quantitative estimate of drug-likeness (QED) is 0.575. The fraction of sp³-hybridized carbons (Fsp3) is 0.680. The lowest BCUT2D eigenvalue weighted by atomic mass is 9.36. The molecule has 0 heterocycles. The van der Waals surface area contributed by atoms with Gasteiger partial charge in [-0.25, -0.2) is 4.79 Å². The maximum Gasteiger partial charge on any atom is 0.407 e. The number of hydrogen-bond acceptors (Lipinski definition) is 3. The summed E-state index contributed by atoms with van der Waals surface area (Å²) in [5.74, 6) is -0.717. The van der Waals surface area contributed by atoms with Crippen LogP contribution in [-0.4, -0.2) is 22.7 Å². The summed E-state index contributed by atoms with van der Waals surface area (Å²) in [6.07, 6.45) is 9.07. The molecule has 4 aliphatic carbocycles. The van der Waals surface area contributed by atoms with Gasteiger partial charge in [0.25, 0.3) is 0 Å². The summed E-state index contributed by atoms with van der Waals surface area (Å²) in [6, 6.07) is 9.74. The molecule has 0 saturated heterocycles. The predicted octanol–water partition coefficient (Wildman–Crippen LogP) is 5.68. The van der Waals surface area contributed by atoms with Crippen LogP contribution >= 0.6 is 0 Å². The Balaban J connectivity index is 1.55. The molecule has 4 aliphatic rings. The summed E-state index contributed by atoms with van der Waals surface area (Å²) in [4.78, 5) is 24.2. The van der Waals surface area contributed by atoms with E-state index < -0.39 is 5.97 Å².